The molecule has 0 aromatic carbocycles. The first kappa shape index (κ1) is 17.4. The topological polar surface area (TPSA) is 66.4 Å². The van der Waals surface area contributed by atoms with Crippen LogP contribution in [0.15, 0.2) is 6.20 Å². The lowest BCUT2D eigenvalue weighted by Crippen LogP contribution is -2.36. The summed E-state index contributed by atoms with van der Waals surface area (Å²) in [6, 6.07) is 0.0278. The fourth-order valence-corrected chi connectivity index (χ4v) is 4.67. The van der Waals surface area contributed by atoms with Gasteiger partial charge in [-0.15, -0.1) is 0 Å². The molecule has 1 aliphatic carbocycles. The molecule has 0 bridgehead atoms. The van der Waals surface area contributed by atoms with Crippen molar-refractivity contribution in [3.8, 4) is 0 Å². The molecule has 2 fully saturated rings. The minimum Gasteiger partial charge on any atom is -0.338 e. The molecule has 6 heteroatoms. The first-order valence-electron chi connectivity index (χ1n) is 10.0. The Bertz CT molecular complexity index is 699. The van der Waals surface area contributed by atoms with Crippen molar-refractivity contribution in [3.63, 3.8) is 0 Å². The van der Waals surface area contributed by atoms with Crippen molar-refractivity contribution < 1.29 is 9.59 Å². The van der Waals surface area contributed by atoms with Crippen molar-refractivity contribution in [3.05, 3.63) is 23.3 Å². The molecule has 0 unspecified atom stereocenters. The van der Waals surface area contributed by atoms with Crippen LogP contribution >= 0.6 is 0 Å². The molecule has 140 valence electrons. The highest BCUT2D eigenvalue weighted by molar-refractivity contribution is 5.77. The largest absolute Gasteiger partial charge is 0.338 e. The van der Waals surface area contributed by atoms with Crippen molar-refractivity contribution in [2.75, 3.05) is 13.1 Å². The van der Waals surface area contributed by atoms with Crippen LogP contribution in [0, 0.1) is 5.92 Å². The quantitative estimate of drug-likeness (QED) is 0.835. The lowest BCUT2D eigenvalue weighted by molar-refractivity contribution is -0.133. The number of amides is 2. The average Bonchev–Trinajstić information content (AvgIpc) is 3.32. The number of fused-ring (bicyclic) bond motifs is 1. The number of aromatic nitrogens is 2. The summed E-state index contributed by atoms with van der Waals surface area (Å²) in [5.41, 5.74) is 2.08. The Kier molecular flexibility index (Phi) is 4.92. The number of hydrogen-bond donors (Lipinski definition) is 0. The smallest absolute Gasteiger partial charge is 0.223 e. The van der Waals surface area contributed by atoms with Crippen LogP contribution in [-0.2, 0) is 22.6 Å². The summed E-state index contributed by atoms with van der Waals surface area (Å²) in [6.45, 7) is 3.75. The molecule has 0 radical (unpaired) electrons. The molecule has 6 nitrogen and oxygen atoms in total. The summed E-state index contributed by atoms with van der Waals surface area (Å²) in [7, 11) is 0. The van der Waals surface area contributed by atoms with Gasteiger partial charge in [-0.25, -0.2) is 9.97 Å². The monoisotopic (exact) mass is 356 g/mol. The van der Waals surface area contributed by atoms with Crippen LogP contribution in [0.2, 0.25) is 0 Å². The zero-order valence-electron chi connectivity index (χ0n) is 15.6. The zero-order chi connectivity index (χ0) is 18.1. The van der Waals surface area contributed by atoms with Crippen LogP contribution < -0.4 is 0 Å². The maximum atomic E-state index is 12.8. The SMILES string of the molecule is CC(=O)N1CCc2nc([C@H]3CCCN3C(=O)CC3CCCC3)ncc2C1. The van der Waals surface area contributed by atoms with Gasteiger partial charge in [0.1, 0.15) is 0 Å². The van der Waals surface area contributed by atoms with Gasteiger partial charge in [-0.2, -0.15) is 0 Å². The zero-order valence-corrected chi connectivity index (χ0v) is 15.6. The van der Waals surface area contributed by atoms with Gasteiger partial charge in [0, 0.05) is 51.2 Å². The lowest BCUT2D eigenvalue weighted by atomic mass is 10.0. The van der Waals surface area contributed by atoms with Crippen molar-refractivity contribution in [1.29, 1.82) is 0 Å². The number of carbonyl (C=O) groups excluding carboxylic acids is 2. The number of hydrogen-bond acceptors (Lipinski definition) is 4. The molecule has 3 aliphatic rings. The molecule has 1 aromatic heterocycles. The molecule has 3 heterocycles. The van der Waals surface area contributed by atoms with Crippen molar-refractivity contribution in [2.24, 2.45) is 5.92 Å². The minimum absolute atomic E-state index is 0.0278. The molecular formula is C20H28N4O2. The Morgan fingerprint density at radius 1 is 1.15 bits per heavy atom. The average molecular weight is 356 g/mol. The Morgan fingerprint density at radius 3 is 2.73 bits per heavy atom. The van der Waals surface area contributed by atoms with Gasteiger partial charge in [0.15, 0.2) is 5.82 Å². The van der Waals surface area contributed by atoms with Crippen molar-refractivity contribution in [1.82, 2.24) is 19.8 Å². The molecular weight excluding hydrogens is 328 g/mol. The highest BCUT2D eigenvalue weighted by atomic mass is 16.2. The van der Waals surface area contributed by atoms with Crippen LogP contribution in [0.1, 0.15) is 75.0 Å². The third-order valence-corrected chi connectivity index (χ3v) is 6.21. The molecule has 26 heavy (non-hydrogen) atoms. The van der Waals surface area contributed by atoms with Crippen molar-refractivity contribution in [2.45, 2.75) is 70.9 Å². The van der Waals surface area contributed by atoms with E-state index in [1.807, 2.05) is 16.0 Å². The van der Waals surface area contributed by atoms with E-state index in [1.165, 1.54) is 25.7 Å². The van der Waals surface area contributed by atoms with Gasteiger partial charge >= 0.3 is 0 Å². The van der Waals surface area contributed by atoms with Gasteiger partial charge < -0.3 is 9.80 Å². The van der Waals surface area contributed by atoms with E-state index in [9.17, 15) is 9.59 Å². The van der Waals surface area contributed by atoms with E-state index in [0.29, 0.717) is 25.4 Å². The predicted octanol–water partition coefficient (Wildman–Crippen LogP) is 2.63. The second kappa shape index (κ2) is 7.33. The van der Waals surface area contributed by atoms with Gasteiger partial charge in [-0.05, 0) is 31.6 Å². The molecule has 1 saturated heterocycles. The number of rotatable bonds is 3. The molecule has 2 aliphatic heterocycles. The number of nitrogens with zero attached hydrogens (tertiary/aromatic N) is 4. The molecule has 1 atom stereocenters. The first-order valence-corrected chi connectivity index (χ1v) is 10.0. The Labute approximate surface area is 155 Å². The van der Waals surface area contributed by atoms with E-state index in [2.05, 4.69) is 4.98 Å². The highest BCUT2D eigenvalue weighted by Gasteiger charge is 2.34. The predicted molar refractivity (Wildman–Crippen MR) is 97.1 cm³/mol. The van der Waals surface area contributed by atoms with Crippen LogP contribution in [0.3, 0.4) is 0 Å². The Morgan fingerprint density at radius 2 is 1.96 bits per heavy atom. The third kappa shape index (κ3) is 3.46. The number of carbonyl (C=O) groups is 2. The molecule has 1 saturated carbocycles. The lowest BCUT2D eigenvalue weighted by Gasteiger charge is -2.29. The highest BCUT2D eigenvalue weighted by Crippen LogP contribution is 2.34. The Balaban J connectivity index is 1.48. The second-order valence-corrected chi connectivity index (χ2v) is 7.99. The van der Waals surface area contributed by atoms with Crippen molar-refractivity contribution >= 4 is 11.8 Å². The maximum absolute atomic E-state index is 12.8. The van der Waals surface area contributed by atoms with E-state index in [1.54, 1.807) is 6.92 Å². The third-order valence-electron chi connectivity index (χ3n) is 6.21. The Hall–Kier alpha value is -1.98. The maximum Gasteiger partial charge on any atom is 0.223 e. The van der Waals surface area contributed by atoms with Gasteiger partial charge in [-0.1, -0.05) is 12.8 Å². The molecule has 4 rings (SSSR count). The summed E-state index contributed by atoms with van der Waals surface area (Å²) in [5, 5.41) is 0. The van der Waals surface area contributed by atoms with E-state index in [-0.39, 0.29) is 17.9 Å². The van der Waals surface area contributed by atoms with Gasteiger partial charge in [0.25, 0.3) is 0 Å². The van der Waals surface area contributed by atoms with Crippen LogP contribution in [0.25, 0.3) is 0 Å². The van der Waals surface area contributed by atoms with Crippen LogP contribution in [0.5, 0.6) is 0 Å². The van der Waals surface area contributed by atoms with Crippen LogP contribution in [0.4, 0.5) is 0 Å². The summed E-state index contributed by atoms with van der Waals surface area (Å²) >= 11 is 0. The second-order valence-electron chi connectivity index (χ2n) is 7.99. The molecule has 0 spiro atoms. The van der Waals surface area contributed by atoms with E-state index < -0.39 is 0 Å². The standard InChI is InChI=1S/C20H28N4O2/c1-14(25)23-10-8-17-16(13-23)12-21-20(22-17)18-7-4-9-24(18)19(26)11-15-5-2-3-6-15/h12,15,18H,2-11,13H2,1H3/t18-/m1/s1. The normalized spacial score (nSPS) is 23.3. The van der Waals surface area contributed by atoms with E-state index in [4.69, 9.17) is 4.98 Å². The summed E-state index contributed by atoms with van der Waals surface area (Å²) < 4.78 is 0. The fraction of sp³-hybridized carbons (Fsp3) is 0.700. The molecule has 0 N–H and O–H groups in total. The molecule has 1 aromatic rings. The van der Waals surface area contributed by atoms with Crippen LogP contribution in [-0.4, -0.2) is 44.7 Å². The fourth-order valence-electron chi connectivity index (χ4n) is 4.67. The molecule has 2 amide bonds. The van der Waals surface area contributed by atoms with Gasteiger partial charge in [0.05, 0.1) is 11.7 Å². The first-order chi connectivity index (χ1) is 12.6. The summed E-state index contributed by atoms with van der Waals surface area (Å²) in [4.78, 5) is 37.7. The van der Waals surface area contributed by atoms with Gasteiger partial charge in [0.2, 0.25) is 11.8 Å². The summed E-state index contributed by atoms with van der Waals surface area (Å²) in [6.07, 6.45) is 10.2. The summed E-state index contributed by atoms with van der Waals surface area (Å²) in [5.74, 6) is 1.74. The van der Waals surface area contributed by atoms with E-state index >= 15 is 0 Å². The van der Waals surface area contributed by atoms with Gasteiger partial charge in [-0.3, -0.25) is 9.59 Å². The minimum atomic E-state index is 0.0278. The number of likely N-dealkylation sites (tertiary alicyclic amines) is 1. The van der Waals surface area contributed by atoms with E-state index in [0.717, 1.165) is 42.9 Å².